The van der Waals surface area contributed by atoms with Crippen LogP contribution >= 0.6 is 39.3 Å². The maximum absolute atomic E-state index is 5.90. The summed E-state index contributed by atoms with van der Waals surface area (Å²) in [7, 11) is 0. The summed E-state index contributed by atoms with van der Waals surface area (Å²) in [6.45, 7) is 5.20. The zero-order valence-corrected chi connectivity index (χ0v) is 15.4. The minimum atomic E-state index is 0.496. The number of hydrogen-bond acceptors (Lipinski definition) is 2. The van der Waals surface area contributed by atoms with Crippen LogP contribution < -0.4 is 5.32 Å². The molecule has 0 heterocycles. The van der Waals surface area contributed by atoms with Crippen molar-refractivity contribution in [3.8, 4) is 0 Å². The average molecular weight is 385 g/mol. The van der Waals surface area contributed by atoms with E-state index in [1.54, 1.807) is 0 Å². The van der Waals surface area contributed by atoms with Gasteiger partial charge in [-0.1, -0.05) is 59.6 Å². The van der Waals surface area contributed by atoms with Crippen molar-refractivity contribution in [2.45, 2.75) is 37.1 Å². The Balaban J connectivity index is 1.95. The van der Waals surface area contributed by atoms with E-state index in [2.05, 4.69) is 65.4 Å². The number of thioether (sulfide) groups is 1. The normalized spacial score (nSPS) is 11.1. The molecular formula is C17H19BrClNS. The number of nitrogens with one attached hydrogen (secondary N) is 1. The van der Waals surface area contributed by atoms with Gasteiger partial charge in [-0.3, -0.25) is 0 Å². The molecular weight excluding hydrogens is 366 g/mol. The first-order chi connectivity index (χ1) is 10.0. The van der Waals surface area contributed by atoms with E-state index in [0.717, 1.165) is 21.8 Å². The fourth-order valence-corrected chi connectivity index (χ4v) is 3.51. The highest BCUT2D eigenvalue weighted by Gasteiger charge is 2.04. The lowest BCUT2D eigenvalue weighted by molar-refractivity contribution is 0.587. The molecule has 0 fully saturated rings. The molecule has 4 heteroatoms. The number of benzene rings is 2. The van der Waals surface area contributed by atoms with Gasteiger partial charge in [-0.25, -0.2) is 0 Å². The van der Waals surface area contributed by atoms with Gasteiger partial charge in [0.25, 0.3) is 0 Å². The van der Waals surface area contributed by atoms with Gasteiger partial charge in [-0.15, -0.1) is 11.8 Å². The fraction of sp³-hybridized carbons (Fsp3) is 0.294. The Bertz CT molecular complexity index is 584. The molecule has 0 saturated heterocycles. The molecule has 2 aromatic carbocycles. The van der Waals surface area contributed by atoms with Crippen LogP contribution in [0, 0.1) is 0 Å². The maximum Gasteiger partial charge on any atom is 0.0406 e. The molecule has 112 valence electrons. The standard InChI is InChI=1S/C17H19BrClNS/c1-12(2)20-10-14-5-8-16(9-17(14)18)21-11-13-3-6-15(19)7-4-13/h3-9,12,20H,10-11H2,1-2H3. The molecule has 0 saturated carbocycles. The van der Waals surface area contributed by atoms with Gasteiger partial charge < -0.3 is 5.32 Å². The van der Waals surface area contributed by atoms with Gasteiger partial charge in [-0.05, 0) is 35.4 Å². The van der Waals surface area contributed by atoms with Crippen LogP contribution in [-0.4, -0.2) is 6.04 Å². The molecule has 0 aliphatic heterocycles. The van der Waals surface area contributed by atoms with Crippen LogP contribution in [0.15, 0.2) is 51.8 Å². The summed E-state index contributed by atoms with van der Waals surface area (Å²) in [4.78, 5) is 1.27. The lowest BCUT2D eigenvalue weighted by Gasteiger charge is -2.11. The predicted molar refractivity (Wildman–Crippen MR) is 97.1 cm³/mol. The summed E-state index contributed by atoms with van der Waals surface area (Å²) >= 11 is 11.4. The van der Waals surface area contributed by atoms with Crippen LogP contribution in [0.3, 0.4) is 0 Å². The zero-order chi connectivity index (χ0) is 15.2. The van der Waals surface area contributed by atoms with Gasteiger partial charge in [0.15, 0.2) is 0 Å². The van der Waals surface area contributed by atoms with Gasteiger partial charge in [0.2, 0.25) is 0 Å². The fourth-order valence-electron chi connectivity index (χ4n) is 1.82. The smallest absolute Gasteiger partial charge is 0.0406 e. The van der Waals surface area contributed by atoms with Gasteiger partial charge in [-0.2, -0.15) is 0 Å². The van der Waals surface area contributed by atoms with Gasteiger partial charge >= 0.3 is 0 Å². The Hall–Kier alpha value is -0.480. The molecule has 0 aliphatic rings. The van der Waals surface area contributed by atoms with Gasteiger partial charge in [0.1, 0.15) is 0 Å². The summed E-state index contributed by atoms with van der Waals surface area (Å²) in [6.07, 6.45) is 0. The summed E-state index contributed by atoms with van der Waals surface area (Å²) in [6, 6.07) is 15.1. The van der Waals surface area contributed by atoms with Crippen LogP contribution in [0.1, 0.15) is 25.0 Å². The number of halogens is 2. The van der Waals surface area contributed by atoms with Crippen molar-refractivity contribution >= 4 is 39.3 Å². The Morgan fingerprint density at radius 3 is 2.48 bits per heavy atom. The molecule has 0 aromatic heterocycles. The number of rotatable bonds is 6. The summed E-state index contributed by atoms with van der Waals surface area (Å²) in [5, 5.41) is 4.22. The Morgan fingerprint density at radius 2 is 1.86 bits per heavy atom. The Labute approximate surface area is 144 Å². The lowest BCUT2D eigenvalue weighted by Crippen LogP contribution is -2.21. The van der Waals surface area contributed by atoms with Crippen molar-refractivity contribution < 1.29 is 0 Å². The quantitative estimate of drug-likeness (QED) is 0.623. The topological polar surface area (TPSA) is 12.0 Å². The minimum absolute atomic E-state index is 0.496. The van der Waals surface area contributed by atoms with Gasteiger partial charge in [0.05, 0.1) is 0 Å². The SMILES string of the molecule is CC(C)NCc1ccc(SCc2ccc(Cl)cc2)cc1Br. The highest BCUT2D eigenvalue weighted by atomic mass is 79.9. The summed E-state index contributed by atoms with van der Waals surface area (Å²) < 4.78 is 1.16. The van der Waals surface area contributed by atoms with Crippen LogP contribution in [0.4, 0.5) is 0 Å². The third kappa shape index (κ3) is 5.67. The first kappa shape index (κ1) is 16.9. The second-order valence-corrected chi connectivity index (χ2v) is 7.54. The monoisotopic (exact) mass is 383 g/mol. The third-order valence-corrected chi connectivity index (χ3v) is 5.10. The molecule has 0 amide bonds. The van der Waals surface area contributed by atoms with E-state index in [4.69, 9.17) is 11.6 Å². The molecule has 2 rings (SSSR count). The molecule has 0 bridgehead atoms. The average Bonchev–Trinajstić information content (AvgIpc) is 2.45. The van der Waals surface area contributed by atoms with Crippen molar-refractivity contribution in [1.82, 2.24) is 5.32 Å². The highest BCUT2D eigenvalue weighted by Crippen LogP contribution is 2.28. The largest absolute Gasteiger partial charge is 0.310 e. The Morgan fingerprint density at radius 1 is 1.14 bits per heavy atom. The van der Waals surface area contributed by atoms with Crippen molar-refractivity contribution in [2.75, 3.05) is 0 Å². The summed E-state index contributed by atoms with van der Waals surface area (Å²) in [5.74, 6) is 0.952. The van der Waals surface area contributed by atoms with E-state index in [9.17, 15) is 0 Å². The third-order valence-electron chi connectivity index (χ3n) is 3.04. The van der Waals surface area contributed by atoms with Crippen molar-refractivity contribution in [1.29, 1.82) is 0 Å². The Kier molecular flexibility index (Phi) is 6.62. The van der Waals surface area contributed by atoms with Crippen LogP contribution in [0.2, 0.25) is 5.02 Å². The molecule has 1 nitrogen and oxygen atoms in total. The van der Waals surface area contributed by atoms with Crippen molar-refractivity contribution in [3.05, 3.63) is 63.1 Å². The maximum atomic E-state index is 5.90. The van der Waals surface area contributed by atoms with Crippen LogP contribution in [0.25, 0.3) is 0 Å². The molecule has 1 N–H and O–H groups in total. The highest BCUT2D eigenvalue weighted by molar-refractivity contribution is 9.10. The molecule has 21 heavy (non-hydrogen) atoms. The summed E-state index contributed by atoms with van der Waals surface area (Å²) in [5.41, 5.74) is 2.57. The van der Waals surface area contributed by atoms with E-state index < -0.39 is 0 Å². The predicted octanol–water partition coefficient (Wildman–Crippen LogP) is 5.89. The van der Waals surface area contributed by atoms with E-state index in [1.165, 1.54) is 16.0 Å². The van der Waals surface area contributed by atoms with E-state index in [-0.39, 0.29) is 0 Å². The van der Waals surface area contributed by atoms with E-state index in [1.807, 2.05) is 23.9 Å². The molecule has 0 aliphatic carbocycles. The molecule has 0 atom stereocenters. The molecule has 0 unspecified atom stereocenters. The van der Waals surface area contributed by atoms with Crippen molar-refractivity contribution in [2.24, 2.45) is 0 Å². The molecule has 0 spiro atoms. The van der Waals surface area contributed by atoms with E-state index >= 15 is 0 Å². The van der Waals surface area contributed by atoms with Crippen LogP contribution in [0.5, 0.6) is 0 Å². The number of hydrogen-bond donors (Lipinski definition) is 1. The molecule has 0 radical (unpaired) electrons. The minimum Gasteiger partial charge on any atom is -0.310 e. The van der Waals surface area contributed by atoms with Crippen molar-refractivity contribution in [3.63, 3.8) is 0 Å². The first-order valence-electron chi connectivity index (χ1n) is 6.93. The van der Waals surface area contributed by atoms with Crippen LogP contribution in [-0.2, 0) is 12.3 Å². The first-order valence-corrected chi connectivity index (χ1v) is 9.09. The second-order valence-electron chi connectivity index (χ2n) is 5.20. The second kappa shape index (κ2) is 8.23. The van der Waals surface area contributed by atoms with Gasteiger partial charge in [0, 0.05) is 32.7 Å². The lowest BCUT2D eigenvalue weighted by atomic mass is 10.2. The molecule has 2 aromatic rings. The van der Waals surface area contributed by atoms with E-state index in [0.29, 0.717) is 6.04 Å². The zero-order valence-electron chi connectivity index (χ0n) is 12.2.